The van der Waals surface area contributed by atoms with Crippen LogP contribution in [0, 0.1) is 0 Å². The van der Waals surface area contributed by atoms with Crippen molar-refractivity contribution in [3.05, 3.63) is 18.2 Å². The molecule has 0 aliphatic rings. The molecule has 1 rings (SSSR count). The van der Waals surface area contributed by atoms with Gasteiger partial charge in [-0.15, -0.1) is 0 Å². The van der Waals surface area contributed by atoms with Gasteiger partial charge < -0.3 is 25.4 Å². The van der Waals surface area contributed by atoms with Crippen LogP contribution in [0.4, 0.5) is 4.79 Å². The van der Waals surface area contributed by atoms with Crippen LogP contribution in [0.1, 0.15) is 12.2 Å². The number of nitrogens with one attached hydrogen (secondary N) is 2. The maximum Gasteiger partial charge on any atom is 0.332 e. The van der Waals surface area contributed by atoms with E-state index in [4.69, 9.17) is 10.2 Å². The topological polar surface area (TPSA) is 119 Å². The number of carboxylic acids is 1. The summed E-state index contributed by atoms with van der Waals surface area (Å²) in [6.45, 7) is 0.412. The van der Waals surface area contributed by atoms with Gasteiger partial charge in [0.1, 0.15) is 5.82 Å². The van der Waals surface area contributed by atoms with Crippen molar-refractivity contribution < 1.29 is 19.8 Å². The van der Waals surface area contributed by atoms with Crippen molar-refractivity contribution in [2.24, 2.45) is 0 Å². The third-order valence-electron chi connectivity index (χ3n) is 2.27. The van der Waals surface area contributed by atoms with Crippen LogP contribution in [0.15, 0.2) is 12.4 Å². The number of carbonyl (C=O) groups excluding carboxylic acids is 1. The predicted molar refractivity (Wildman–Crippen MR) is 61.7 cm³/mol. The van der Waals surface area contributed by atoms with Crippen molar-refractivity contribution in [1.29, 1.82) is 0 Å². The predicted octanol–water partition coefficient (Wildman–Crippen LogP) is -0.613. The molecule has 1 unspecified atom stereocenters. The van der Waals surface area contributed by atoms with Crippen molar-refractivity contribution in [1.82, 2.24) is 20.2 Å². The number of H-pyrrole nitrogens is 1. The molecule has 0 aliphatic heterocycles. The highest BCUT2D eigenvalue weighted by Gasteiger charge is 2.14. The minimum Gasteiger partial charge on any atom is -0.479 e. The first-order valence-corrected chi connectivity index (χ1v) is 5.38. The molecule has 1 atom stereocenters. The molecule has 8 nitrogen and oxygen atoms in total. The molecule has 8 heteroatoms. The molecule has 100 valence electrons. The van der Waals surface area contributed by atoms with Gasteiger partial charge in [0.2, 0.25) is 0 Å². The highest BCUT2D eigenvalue weighted by Crippen LogP contribution is 1.96. The second-order valence-electron chi connectivity index (χ2n) is 3.77. The molecule has 1 heterocycles. The zero-order chi connectivity index (χ0) is 13.5. The fraction of sp³-hybridized carbons (Fsp3) is 0.500. The number of aromatic nitrogens is 2. The van der Waals surface area contributed by atoms with Gasteiger partial charge in [-0.2, -0.15) is 0 Å². The number of nitrogens with zero attached hydrogens (tertiary/aromatic N) is 2. The van der Waals surface area contributed by atoms with Gasteiger partial charge in [0, 0.05) is 32.4 Å². The van der Waals surface area contributed by atoms with Gasteiger partial charge in [0.05, 0.1) is 6.54 Å². The number of imidazole rings is 1. The van der Waals surface area contributed by atoms with Crippen LogP contribution in [0.2, 0.25) is 0 Å². The molecule has 18 heavy (non-hydrogen) atoms. The summed E-state index contributed by atoms with van der Waals surface area (Å²) in [5.74, 6) is -0.647. The summed E-state index contributed by atoms with van der Waals surface area (Å²) in [6, 6.07) is -0.357. The summed E-state index contributed by atoms with van der Waals surface area (Å²) in [5.41, 5.74) is 0. The molecular formula is C10H16N4O4. The maximum absolute atomic E-state index is 11.6. The van der Waals surface area contributed by atoms with Gasteiger partial charge in [-0.3, -0.25) is 0 Å². The highest BCUT2D eigenvalue weighted by atomic mass is 16.4. The van der Waals surface area contributed by atoms with Crippen LogP contribution in [0.5, 0.6) is 0 Å². The fourth-order valence-electron chi connectivity index (χ4n) is 1.26. The first-order valence-electron chi connectivity index (χ1n) is 5.38. The van der Waals surface area contributed by atoms with Gasteiger partial charge in [-0.05, 0) is 0 Å². The Morgan fingerprint density at radius 1 is 1.61 bits per heavy atom. The normalized spacial score (nSPS) is 11.9. The zero-order valence-corrected chi connectivity index (χ0v) is 9.96. The van der Waals surface area contributed by atoms with E-state index in [9.17, 15) is 9.59 Å². The van der Waals surface area contributed by atoms with Crippen molar-refractivity contribution in [3.63, 3.8) is 0 Å². The largest absolute Gasteiger partial charge is 0.479 e. The van der Waals surface area contributed by atoms with Crippen LogP contribution >= 0.6 is 0 Å². The molecule has 0 fully saturated rings. The number of hydrogen-bond acceptors (Lipinski definition) is 4. The molecule has 1 aromatic heterocycles. The summed E-state index contributed by atoms with van der Waals surface area (Å²) < 4.78 is 0. The van der Waals surface area contributed by atoms with E-state index in [1.54, 1.807) is 19.4 Å². The lowest BCUT2D eigenvalue weighted by atomic mass is 10.2. The molecular weight excluding hydrogens is 240 g/mol. The molecule has 0 aromatic carbocycles. The molecule has 0 aliphatic carbocycles. The smallest absolute Gasteiger partial charge is 0.332 e. The van der Waals surface area contributed by atoms with Gasteiger partial charge in [0.15, 0.2) is 6.10 Å². The highest BCUT2D eigenvalue weighted by molar-refractivity contribution is 5.74. The van der Waals surface area contributed by atoms with Crippen molar-refractivity contribution in [3.8, 4) is 0 Å². The minimum absolute atomic E-state index is 0.0321. The molecule has 0 bridgehead atoms. The number of aliphatic carboxylic acids is 1. The Labute approximate surface area is 104 Å². The number of carbonyl (C=O) groups is 2. The average Bonchev–Trinajstić information content (AvgIpc) is 2.81. The Kier molecular flexibility index (Phi) is 5.12. The number of carboxylic acid groups (broad SMARTS) is 1. The Hall–Kier alpha value is -2.09. The van der Waals surface area contributed by atoms with Crippen LogP contribution < -0.4 is 5.32 Å². The van der Waals surface area contributed by atoms with E-state index in [1.807, 2.05) is 0 Å². The van der Waals surface area contributed by atoms with E-state index in [0.29, 0.717) is 12.4 Å². The van der Waals surface area contributed by atoms with E-state index in [2.05, 4.69) is 15.3 Å². The average molecular weight is 256 g/mol. The van der Waals surface area contributed by atoms with Crippen LogP contribution in [-0.2, 0) is 11.3 Å². The summed E-state index contributed by atoms with van der Waals surface area (Å²) in [7, 11) is 1.59. The second kappa shape index (κ2) is 6.60. The monoisotopic (exact) mass is 256 g/mol. The lowest BCUT2D eigenvalue weighted by Crippen LogP contribution is -2.38. The molecule has 2 amide bonds. The number of urea groups is 1. The Bertz CT molecular complexity index is 393. The van der Waals surface area contributed by atoms with Gasteiger partial charge in [-0.1, -0.05) is 0 Å². The number of amides is 2. The number of rotatable bonds is 6. The minimum atomic E-state index is -1.46. The van der Waals surface area contributed by atoms with E-state index in [1.165, 1.54) is 4.90 Å². The fourth-order valence-corrected chi connectivity index (χ4v) is 1.26. The zero-order valence-electron chi connectivity index (χ0n) is 9.96. The quantitative estimate of drug-likeness (QED) is 0.541. The van der Waals surface area contributed by atoms with Crippen LogP contribution in [0.3, 0.4) is 0 Å². The first kappa shape index (κ1) is 14.0. The van der Waals surface area contributed by atoms with Crippen molar-refractivity contribution in [2.75, 3.05) is 13.6 Å². The van der Waals surface area contributed by atoms with Crippen molar-refractivity contribution >= 4 is 12.0 Å². The van der Waals surface area contributed by atoms with Crippen LogP contribution in [-0.4, -0.2) is 56.8 Å². The molecule has 0 spiro atoms. The van der Waals surface area contributed by atoms with Crippen molar-refractivity contribution in [2.45, 2.75) is 19.1 Å². The number of aliphatic hydroxyl groups excluding tert-OH is 1. The van der Waals surface area contributed by atoms with Gasteiger partial charge in [0.25, 0.3) is 0 Å². The third-order valence-corrected chi connectivity index (χ3v) is 2.27. The summed E-state index contributed by atoms with van der Waals surface area (Å²) in [5, 5.41) is 20.0. The first-order chi connectivity index (χ1) is 8.50. The van der Waals surface area contributed by atoms with E-state index in [0.717, 1.165) is 0 Å². The SMILES string of the molecule is CN(Cc1ncc[nH]1)C(=O)NCCC(O)C(=O)O. The number of hydrogen-bond donors (Lipinski definition) is 4. The summed E-state index contributed by atoms with van der Waals surface area (Å²) >= 11 is 0. The molecule has 1 aromatic rings. The lowest BCUT2D eigenvalue weighted by Gasteiger charge is -2.17. The number of aromatic amines is 1. The molecule has 0 saturated carbocycles. The summed E-state index contributed by atoms with van der Waals surface area (Å²) in [4.78, 5) is 30.1. The third kappa shape index (κ3) is 4.42. The van der Waals surface area contributed by atoms with Gasteiger partial charge >= 0.3 is 12.0 Å². The molecule has 4 N–H and O–H groups in total. The number of aliphatic hydroxyl groups is 1. The van der Waals surface area contributed by atoms with E-state index in [-0.39, 0.29) is 19.0 Å². The van der Waals surface area contributed by atoms with E-state index >= 15 is 0 Å². The molecule has 0 saturated heterocycles. The Morgan fingerprint density at radius 3 is 2.89 bits per heavy atom. The van der Waals surface area contributed by atoms with Gasteiger partial charge in [-0.25, -0.2) is 14.6 Å². The second-order valence-corrected chi connectivity index (χ2v) is 3.77. The standard InChI is InChI=1S/C10H16N4O4/c1-14(6-8-11-4-5-12-8)10(18)13-3-2-7(15)9(16)17/h4-5,7,15H,2-3,6H2,1H3,(H,11,12)(H,13,18)(H,16,17). The lowest BCUT2D eigenvalue weighted by molar-refractivity contribution is -0.146. The van der Waals surface area contributed by atoms with Crippen LogP contribution in [0.25, 0.3) is 0 Å². The summed E-state index contributed by atoms with van der Waals surface area (Å²) in [6.07, 6.45) is 1.75. The Balaban J connectivity index is 2.26. The Morgan fingerprint density at radius 2 is 2.33 bits per heavy atom. The maximum atomic E-state index is 11.6. The molecule has 0 radical (unpaired) electrons. The van der Waals surface area contributed by atoms with E-state index < -0.39 is 12.1 Å².